The number of fused-ring (bicyclic) bond motifs is 3. The summed E-state index contributed by atoms with van der Waals surface area (Å²) in [4.78, 5) is 0. The van der Waals surface area contributed by atoms with Crippen molar-refractivity contribution in [2.75, 3.05) is 0 Å². The quantitative estimate of drug-likeness (QED) is 0.272. The molecule has 0 saturated carbocycles. The van der Waals surface area contributed by atoms with E-state index < -0.39 is 0 Å². The van der Waals surface area contributed by atoms with Crippen LogP contribution in [0.4, 0.5) is 0 Å². The Morgan fingerprint density at radius 3 is 1.76 bits per heavy atom. The molecule has 0 radical (unpaired) electrons. The van der Waals surface area contributed by atoms with E-state index in [0.717, 1.165) is 0 Å². The first-order chi connectivity index (χ1) is 16.1. The van der Waals surface area contributed by atoms with E-state index >= 15 is 0 Å². The SMILES string of the molecule is CC1(C)c2ccccc2-c2c(-c3ccccc3-c3cccc(-c4ccccc4)c3)cccc21. The van der Waals surface area contributed by atoms with E-state index in [-0.39, 0.29) is 5.41 Å². The Labute approximate surface area is 196 Å². The molecule has 0 bridgehead atoms. The zero-order chi connectivity index (χ0) is 22.4. The highest BCUT2D eigenvalue weighted by molar-refractivity contribution is 5.97. The van der Waals surface area contributed by atoms with Gasteiger partial charge in [0.1, 0.15) is 0 Å². The van der Waals surface area contributed by atoms with Gasteiger partial charge in [0.05, 0.1) is 0 Å². The normalized spacial score (nSPS) is 13.4. The molecule has 158 valence electrons. The maximum atomic E-state index is 2.34. The van der Waals surface area contributed by atoms with Crippen LogP contribution in [0.15, 0.2) is 121 Å². The van der Waals surface area contributed by atoms with Crippen molar-refractivity contribution >= 4 is 0 Å². The van der Waals surface area contributed by atoms with Crippen molar-refractivity contribution in [3.8, 4) is 44.5 Å². The van der Waals surface area contributed by atoms with Gasteiger partial charge in [-0.05, 0) is 61.7 Å². The van der Waals surface area contributed by atoms with Crippen LogP contribution in [0.3, 0.4) is 0 Å². The summed E-state index contributed by atoms with van der Waals surface area (Å²) >= 11 is 0. The van der Waals surface area contributed by atoms with Gasteiger partial charge in [-0.15, -0.1) is 0 Å². The van der Waals surface area contributed by atoms with Crippen molar-refractivity contribution in [2.24, 2.45) is 0 Å². The second-order valence-corrected chi connectivity index (χ2v) is 9.39. The van der Waals surface area contributed by atoms with Crippen LogP contribution in [0.25, 0.3) is 44.5 Å². The molecule has 5 aromatic rings. The van der Waals surface area contributed by atoms with E-state index in [9.17, 15) is 0 Å². The largest absolute Gasteiger partial charge is 0.0622 e. The first-order valence-corrected chi connectivity index (χ1v) is 11.6. The minimum absolute atomic E-state index is 0.00407. The third-order valence-electron chi connectivity index (χ3n) is 7.11. The third kappa shape index (κ3) is 3.14. The topological polar surface area (TPSA) is 0 Å². The highest BCUT2D eigenvalue weighted by Crippen LogP contribution is 2.52. The second kappa shape index (κ2) is 7.60. The molecule has 0 fully saturated rings. The molecule has 0 nitrogen and oxygen atoms in total. The van der Waals surface area contributed by atoms with Crippen LogP contribution in [-0.2, 0) is 5.41 Å². The molecule has 0 saturated heterocycles. The van der Waals surface area contributed by atoms with E-state index in [1.54, 1.807) is 0 Å². The van der Waals surface area contributed by atoms with E-state index in [4.69, 9.17) is 0 Å². The molecule has 0 aromatic heterocycles. The van der Waals surface area contributed by atoms with Gasteiger partial charge in [-0.1, -0.05) is 129 Å². The molecule has 0 unspecified atom stereocenters. The molecule has 6 rings (SSSR count). The lowest BCUT2D eigenvalue weighted by Crippen LogP contribution is -2.14. The summed E-state index contributed by atoms with van der Waals surface area (Å²) in [6, 6.07) is 44.1. The summed E-state index contributed by atoms with van der Waals surface area (Å²) < 4.78 is 0. The summed E-state index contributed by atoms with van der Waals surface area (Å²) in [6.07, 6.45) is 0. The Bertz CT molecular complexity index is 1470. The maximum Gasteiger partial charge on any atom is 0.0159 e. The van der Waals surface area contributed by atoms with Gasteiger partial charge in [0, 0.05) is 5.41 Å². The van der Waals surface area contributed by atoms with E-state index in [1.807, 2.05) is 0 Å². The number of benzene rings is 5. The van der Waals surface area contributed by atoms with Crippen molar-refractivity contribution in [1.29, 1.82) is 0 Å². The summed E-state index contributed by atoms with van der Waals surface area (Å²) in [5.41, 5.74) is 13.2. The Balaban J connectivity index is 1.56. The molecule has 0 heteroatoms. The monoisotopic (exact) mass is 422 g/mol. The van der Waals surface area contributed by atoms with Gasteiger partial charge < -0.3 is 0 Å². The average Bonchev–Trinajstić information content (AvgIpc) is 3.12. The summed E-state index contributed by atoms with van der Waals surface area (Å²) in [7, 11) is 0. The zero-order valence-corrected chi connectivity index (χ0v) is 19.0. The summed E-state index contributed by atoms with van der Waals surface area (Å²) in [5, 5.41) is 0. The Kier molecular flexibility index (Phi) is 4.55. The van der Waals surface area contributed by atoms with Gasteiger partial charge in [0.25, 0.3) is 0 Å². The fraction of sp³-hybridized carbons (Fsp3) is 0.0909. The molecule has 0 amide bonds. The first kappa shape index (κ1) is 19.8. The van der Waals surface area contributed by atoms with Crippen molar-refractivity contribution in [1.82, 2.24) is 0 Å². The second-order valence-electron chi connectivity index (χ2n) is 9.39. The maximum absolute atomic E-state index is 2.34. The fourth-order valence-electron chi connectivity index (χ4n) is 5.45. The van der Waals surface area contributed by atoms with Crippen molar-refractivity contribution in [2.45, 2.75) is 19.3 Å². The lowest BCUT2D eigenvalue weighted by molar-refractivity contribution is 0.660. The van der Waals surface area contributed by atoms with E-state index in [1.165, 1.54) is 55.6 Å². The third-order valence-corrected chi connectivity index (χ3v) is 7.11. The molecule has 0 aliphatic heterocycles. The first-order valence-electron chi connectivity index (χ1n) is 11.6. The minimum Gasteiger partial charge on any atom is -0.0622 e. The van der Waals surface area contributed by atoms with Crippen LogP contribution in [0.1, 0.15) is 25.0 Å². The lowest BCUT2D eigenvalue weighted by Gasteiger charge is -2.22. The molecule has 0 spiro atoms. The number of hydrogen-bond donors (Lipinski definition) is 0. The standard InChI is InChI=1S/C33H26/c1-33(2)30-20-9-8-18-29(30)32-28(19-11-21-31(32)33)27-17-7-6-16-26(27)25-15-10-14-24(22-25)23-12-4-3-5-13-23/h3-22H,1-2H3. The molecule has 0 atom stereocenters. The Morgan fingerprint density at radius 2 is 0.939 bits per heavy atom. The molecule has 1 aliphatic carbocycles. The van der Waals surface area contributed by atoms with Gasteiger partial charge in [-0.2, -0.15) is 0 Å². The van der Waals surface area contributed by atoms with Crippen molar-refractivity contribution in [3.05, 3.63) is 132 Å². The smallest absolute Gasteiger partial charge is 0.0159 e. The van der Waals surface area contributed by atoms with Gasteiger partial charge in [0.15, 0.2) is 0 Å². The van der Waals surface area contributed by atoms with Crippen LogP contribution in [0.5, 0.6) is 0 Å². The minimum atomic E-state index is 0.00407. The fourth-order valence-corrected chi connectivity index (χ4v) is 5.45. The molecule has 0 heterocycles. The molecule has 1 aliphatic rings. The van der Waals surface area contributed by atoms with Crippen LogP contribution < -0.4 is 0 Å². The molecular weight excluding hydrogens is 396 g/mol. The van der Waals surface area contributed by atoms with Crippen LogP contribution in [0.2, 0.25) is 0 Å². The summed E-state index contributed by atoms with van der Waals surface area (Å²) in [6.45, 7) is 4.69. The van der Waals surface area contributed by atoms with Crippen LogP contribution in [0, 0.1) is 0 Å². The Morgan fingerprint density at radius 1 is 0.394 bits per heavy atom. The zero-order valence-electron chi connectivity index (χ0n) is 19.0. The molecule has 33 heavy (non-hydrogen) atoms. The van der Waals surface area contributed by atoms with Crippen LogP contribution in [-0.4, -0.2) is 0 Å². The van der Waals surface area contributed by atoms with Gasteiger partial charge in [-0.25, -0.2) is 0 Å². The molecular formula is C33H26. The predicted octanol–water partition coefficient (Wildman–Crippen LogP) is 8.99. The number of hydrogen-bond acceptors (Lipinski definition) is 0. The number of rotatable bonds is 3. The van der Waals surface area contributed by atoms with Crippen molar-refractivity contribution in [3.63, 3.8) is 0 Å². The van der Waals surface area contributed by atoms with E-state index in [0.29, 0.717) is 0 Å². The van der Waals surface area contributed by atoms with Crippen LogP contribution >= 0.6 is 0 Å². The van der Waals surface area contributed by atoms with Gasteiger partial charge in [-0.3, -0.25) is 0 Å². The molecule has 0 N–H and O–H groups in total. The van der Waals surface area contributed by atoms with Gasteiger partial charge in [0.2, 0.25) is 0 Å². The highest BCUT2D eigenvalue weighted by Gasteiger charge is 2.36. The predicted molar refractivity (Wildman–Crippen MR) is 140 cm³/mol. The lowest BCUT2D eigenvalue weighted by atomic mass is 9.81. The Hall–Kier alpha value is -3.90. The van der Waals surface area contributed by atoms with Gasteiger partial charge >= 0.3 is 0 Å². The average molecular weight is 423 g/mol. The highest BCUT2D eigenvalue weighted by atomic mass is 14.4. The van der Waals surface area contributed by atoms with E-state index in [2.05, 4.69) is 135 Å². The van der Waals surface area contributed by atoms with Crippen molar-refractivity contribution < 1.29 is 0 Å². The summed E-state index contributed by atoms with van der Waals surface area (Å²) in [5.74, 6) is 0. The molecule has 5 aromatic carbocycles.